The molecule has 0 amide bonds. The summed E-state index contributed by atoms with van der Waals surface area (Å²) in [6.45, 7) is 0. The van der Waals surface area contributed by atoms with Gasteiger partial charge < -0.3 is 9.47 Å². The number of aromatic nitrogens is 1. The lowest BCUT2D eigenvalue weighted by Gasteiger charge is -2.28. The Hall–Kier alpha value is -6.98. The molecule has 0 aliphatic heterocycles. The predicted molar refractivity (Wildman–Crippen MR) is 252 cm³/mol. The van der Waals surface area contributed by atoms with Crippen molar-refractivity contribution in [1.82, 2.24) is 4.57 Å². The van der Waals surface area contributed by atoms with Gasteiger partial charge in [-0.3, -0.25) is 0 Å². The van der Waals surface area contributed by atoms with Crippen LogP contribution in [0.3, 0.4) is 0 Å². The molecular formula is C54H34N2S2. The van der Waals surface area contributed by atoms with Crippen LogP contribution in [0.15, 0.2) is 206 Å². The molecule has 0 saturated heterocycles. The third kappa shape index (κ3) is 5.23. The number of anilines is 3. The zero-order valence-electron chi connectivity index (χ0n) is 31.3. The van der Waals surface area contributed by atoms with E-state index >= 15 is 0 Å². The number of hydrogen-bond donors (Lipinski definition) is 0. The second-order valence-corrected chi connectivity index (χ2v) is 17.0. The predicted octanol–water partition coefficient (Wildman–Crippen LogP) is 16.3. The highest BCUT2D eigenvalue weighted by Gasteiger charge is 2.22. The molecule has 9 aromatic carbocycles. The van der Waals surface area contributed by atoms with Crippen LogP contribution in [0.4, 0.5) is 17.1 Å². The van der Waals surface area contributed by atoms with Gasteiger partial charge in [0.25, 0.3) is 0 Å². The number of benzene rings is 9. The summed E-state index contributed by atoms with van der Waals surface area (Å²) in [5.74, 6) is 0. The van der Waals surface area contributed by atoms with E-state index in [0.717, 1.165) is 17.1 Å². The summed E-state index contributed by atoms with van der Waals surface area (Å²) in [5.41, 5.74) is 11.8. The molecule has 12 rings (SSSR count). The molecule has 2 nitrogen and oxygen atoms in total. The van der Waals surface area contributed by atoms with E-state index in [-0.39, 0.29) is 0 Å². The first-order chi connectivity index (χ1) is 28.8. The van der Waals surface area contributed by atoms with Gasteiger partial charge in [0.05, 0.1) is 27.1 Å². The maximum atomic E-state index is 2.50. The zero-order chi connectivity index (χ0) is 38.2. The maximum Gasteiger partial charge on any atom is 0.0640 e. The summed E-state index contributed by atoms with van der Waals surface area (Å²) in [6.07, 6.45) is 0. The molecule has 12 aromatic rings. The summed E-state index contributed by atoms with van der Waals surface area (Å²) in [7, 11) is 0. The number of fused-ring (bicyclic) bond motifs is 9. The number of thiophene rings is 2. The summed E-state index contributed by atoms with van der Waals surface area (Å²) >= 11 is 3.75. The van der Waals surface area contributed by atoms with Crippen molar-refractivity contribution in [2.45, 2.75) is 0 Å². The summed E-state index contributed by atoms with van der Waals surface area (Å²) < 4.78 is 7.56. The number of hydrogen-bond acceptors (Lipinski definition) is 3. The highest BCUT2D eigenvalue weighted by atomic mass is 32.1. The Morgan fingerprint density at radius 3 is 1.78 bits per heavy atom. The molecule has 272 valence electrons. The van der Waals surface area contributed by atoms with Crippen LogP contribution in [-0.4, -0.2) is 4.57 Å². The van der Waals surface area contributed by atoms with Gasteiger partial charge in [-0.05, 0) is 77.4 Å². The molecule has 0 aliphatic rings. The Kier molecular flexibility index (Phi) is 7.62. The first kappa shape index (κ1) is 33.2. The number of para-hydroxylation sites is 3. The van der Waals surface area contributed by atoms with Crippen LogP contribution in [0.1, 0.15) is 0 Å². The van der Waals surface area contributed by atoms with Gasteiger partial charge in [-0.1, -0.05) is 146 Å². The van der Waals surface area contributed by atoms with Gasteiger partial charge in [0, 0.05) is 63.4 Å². The van der Waals surface area contributed by atoms with Gasteiger partial charge in [-0.25, -0.2) is 0 Å². The van der Waals surface area contributed by atoms with E-state index in [2.05, 4.69) is 216 Å². The standard InChI is InChI=1S/C54H34N2S2/c1-2-14-35(15-3-1)36-28-30-44-45-31-29-39(34-53(45)57-52(44)33-36)56(50-26-13-22-46-43-21-7-11-27-51(43)58-54(46)50)47-23-8-4-18-40(47)37-16-12-17-38(32-37)55-48-24-9-5-19-41(48)42-20-6-10-25-49(42)55/h1-34H. The molecule has 0 N–H and O–H groups in total. The second-order valence-electron chi connectivity index (χ2n) is 14.9. The monoisotopic (exact) mass is 774 g/mol. The van der Waals surface area contributed by atoms with Gasteiger partial charge in [0.1, 0.15) is 0 Å². The molecule has 3 aromatic heterocycles. The third-order valence-electron chi connectivity index (χ3n) is 11.6. The lowest BCUT2D eigenvalue weighted by Crippen LogP contribution is -2.11. The van der Waals surface area contributed by atoms with Crippen molar-refractivity contribution in [1.29, 1.82) is 0 Å². The first-order valence-corrected chi connectivity index (χ1v) is 21.3. The van der Waals surface area contributed by atoms with E-state index in [1.165, 1.54) is 90.1 Å². The topological polar surface area (TPSA) is 8.17 Å². The molecule has 0 radical (unpaired) electrons. The molecule has 0 bridgehead atoms. The van der Waals surface area contributed by atoms with Crippen LogP contribution >= 0.6 is 22.7 Å². The van der Waals surface area contributed by atoms with Crippen molar-refractivity contribution < 1.29 is 0 Å². The highest BCUT2D eigenvalue weighted by Crippen LogP contribution is 2.49. The van der Waals surface area contributed by atoms with Crippen LogP contribution in [0.25, 0.3) is 90.1 Å². The average molecular weight is 775 g/mol. The summed E-state index contributed by atoms with van der Waals surface area (Å²) in [5, 5.41) is 7.69. The molecule has 58 heavy (non-hydrogen) atoms. The molecule has 0 aliphatic carbocycles. The lowest BCUT2D eigenvalue weighted by molar-refractivity contribution is 1.18. The van der Waals surface area contributed by atoms with Gasteiger partial charge in [0.15, 0.2) is 0 Å². The third-order valence-corrected chi connectivity index (χ3v) is 13.9. The van der Waals surface area contributed by atoms with E-state index in [9.17, 15) is 0 Å². The molecular weight excluding hydrogens is 741 g/mol. The first-order valence-electron chi connectivity index (χ1n) is 19.7. The Bertz CT molecular complexity index is 3480. The molecule has 3 heterocycles. The molecule has 4 heteroatoms. The second kappa shape index (κ2) is 13.3. The Morgan fingerprint density at radius 2 is 0.948 bits per heavy atom. The quantitative estimate of drug-likeness (QED) is 0.163. The van der Waals surface area contributed by atoms with Crippen molar-refractivity contribution in [3.05, 3.63) is 206 Å². The fourth-order valence-corrected chi connectivity index (χ4v) is 11.3. The SMILES string of the molecule is c1ccc(-c2ccc3c(c2)sc2cc(N(c4ccccc4-c4cccc(-n5c6ccccc6c6ccccc65)c4)c4cccc5c4sc4ccccc45)ccc23)cc1. The number of nitrogens with zero attached hydrogens (tertiary/aromatic N) is 2. The largest absolute Gasteiger partial charge is 0.309 e. The summed E-state index contributed by atoms with van der Waals surface area (Å²) in [6, 6.07) is 75.7. The van der Waals surface area contributed by atoms with Crippen LogP contribution in [0.2, 0.25) is 0 Å². The van der Waals surface area contributed by atoms with Crippen LogP contribution < -0.4 is 4.90 Å². The maximum absolute atomic E-state index is 2.50. The van der Waals surface area contributed by atoms with Crippen LogP contribution in [0.5, 0.6) is 0 Å². The van der Waals surface area contributed by atoms with E-state index in [0.29, 0.717) is 0 Å². The van der Waals surface area contributed by atoms with Gasteiger partial charge >= 0.3 is 0 Å². The normalized spacial score (nSPS) is 11.8. The van der Waals surface area contributed by atoms with Crippen molar-refractivity contribution >= 4 is 102 Å². The minimum atomic E-state index is 1.14. The molecule has 0 fully saturated rings. The van der Waals surface area contributed by atoms with E-state index in [1.807, 2.05) is 22.7 Å². The van der Waals surface area contributed by atoms with Crippen molar-refractivity contribution in [2.24, 2.45) is 0 Å². The fourth-order valence-electron chi connectivity index (χ4n) is 8.96. The smallest absolute Gasteiger partial charge is 0.0640 e. The van der Waals surface area contributed by atoms with Crippen molar-refractivity contribution in [2.75, 3.05) is 4.90 Å². The minimum Gasteiger partial charge on any atom is -0.309 e. The molecule has 0 atom stereocenters. The minimum absolute atomic E-state index is 1.14. The number of rotatable bonds is 6. The molecule has 0 saturated carbocycles. The van der Waals surface area contributed by atoms with Gasteiger partial charge in [0.2, 0.25) is 0 Å². The molecule has 0 unspecified atom stereocenters. The lowest BCUT2D eigenvalue weighted by atomic mass is 10.0. The van der Waals surface area contributed by atoms with Gasteiger partial charge in [-0.2, -0.15) is 0 Å². The Balaban J connectivity index is 1.07. The zero-order valence-corrected chi connectivity index (χ0v) is 33.0. The van der Waals surface area contributed by atoms with Gasteiger partial charge in [-0.15, -0.1) is 22.7 Å². The molecule has 0 spiro atoms. The van der Waals surface area contributed by atoms with Crippen molar-refractivity contribution in [3.63, 3.8) is 0 Å². The van der Waals surface area contributed by atoms with E-state index in [4.69, 9.17) is 0 Å². The Morgan fingerprint density at radius 1 is 0.345 bits per heavy atom. The van der Waals surface area contributed by atoms with Crippen molar-refractivity contribution in [3.8, 4) is 27.9 Å². The van der Waals surface area contributed by atoms with Crippen LogP contribution in [-0.2, 0) is 0 Å². The summed E-state index contributed by atoms with van der Waals surface area (Å²) in [4.78, 5) is 2.50. The fraction of sp³-hybridized carbons (Fsp3) is 0. The average Bonchev–Trinajstić information content (AvgIpc) is 3.96. The van der Waals surface area contributed by atoms with E-state index in [1.54, 1.807) is 0 Å². The Labute approximate surface area is 343 Å². The van der Waals surface area contributed by atoms with Crippen LogP contribution in [0, 0.1) is 0 Å². The highest BCUT2D eigenvalue weighted by molar-refractivity contribution is 7.26. The van der Waals surface area contributed by atoms with E-state index < -0.39 is 0 Å².